The van der Waals surface area contributed by atoms with Gasteiger partial charge >= 0.3 is 5.69 Å². The fraction of sp³-hybridized carbons (Fsp3) is 0.636. The average molecular weight is 257 g/mol. The second-order valence-corrected chi connectivity index (χ2v) is 4.02. The second kappa shape index (κ2) is 7.10. The number of ether oxygens (including phenoxy) is 2. The van der Waals surface area contributed by atoms with E-state index < -0.39 is 5.69 Å². The Morgan fingerprint density at radius 1 is 1.56 bits per heavy atom. The number of aliphatic hydroxyl groups is 1. The summed E-state index contributed by atoms with van der Waals surface area (Å²) in [5.74, 6) is 0.166. The number of aromatic nitrogens is 2. The highest BCUT2D eigenvalue weighted by Crippen LogP contribution is 2.08. The first-order valence-electron chi connectivity index (χ1n) is 5.70. The quantitative estimate of drug-likeness (QED) is 0.651. The zero-order chi connectivity index (χ0) is 13.5. The molecular weight excluding hydrogens is 238 g/mol. The van der Waals surface area contributed by atoms with Gasteiger partial charge < -0.3 is 20.3 Å². The molecule has 0 saturated carbocycles. The summed E-state index contributed by atoms with van der Waals surface area (Å²) < 4.78 is 11.8. The minimum absolute atomic E-state index is 0.0291. The molecule has 0 aliphatic heterocycles. The molecule has 102 valence electrons. The number of rotatable bonds is 7. The molecular formula is C11H19N3O4. The van der Waals surface area contributed by atoms with Gasteiger partial charge in [0.25, 0.3) is 0 Å². The van der Waals surface area contributed by atoms with E-state index >= 15 is 0 Å². The molecule has 0 spiro atoms. The number of hydrogen-bond donors (Lipinski definition) is 2. The number of nitrogens with zero attached hydrogens (tertiary/aromatic N) is 2. The van der Waals surface area contributed by atoms with Gasteiger partial charge in [0.2, 0.25) is 0 Å². The Kier molecular flexibility index (Phi) is 5.76. The van der Waals surface area contributed by atoms with Crippen molar-refractivity contribution < 1.29 is 14.6 Å². The van der Waals surface area contributed by atoms with Crippen LogP contribution in [0.1, 0.15) is 19.4 Å². The number of nitrogens with two attached hydrogens (primary N) is 1. The van der Waals surface area contributed by atoms with E-state index in [0.717, 1.165) is 0 Å². The zero-order valence-corrected chi connectivity index (χ0v) is 10.6. The first-order valence-corrected chi connectivity index (χ1v) is 5.70. The van der Waals surface area contributed by atoms with Crippen LogP contribution in [0.15, 0.2) is 11.0 Å². The van der Waals surface area contributed by atoms with Crippen molar-refractivity contribution >= 4 is 5.82 Å². The summed E-state index contributed by atoms with van der Waals surface area (Å²) in [7, 11) is 0. The lowest BCUT2D eigenvalue weighted by atomic mass is 10.3. The lowest BCUT2D eigenvalue weighted by molar-refractivity contribution is 0.0439. The Labute approximate surface area is 105 Å². The maximum Gasteiger partial charge on any atom is 0.351 e. The smallest absolute Gasteiger partial charge is 0.351 e. The van der Waals surface area contributed by atoms with Crippen LogP contribution >= 0.6 is 0 Å². The molecule has 0 fully saturated rings. The van der Waals surface area contributed by atoms with Gasteiger partial charge in [0.15, 0.2) is 0 Å². The van der Waals surface area contributed by atoms with Crippen molar-refractivity contribution in [2.45, 2.75) is 33.3 Å². The van der Waals surface area contributed by atoms with Gasteiger partial charge in [-0.1, -0.05) is 0 Å². The molecule has 0 aliphatic carbocycles. The van der Waals surface area contributed by atoms with Gasteiger partial charge in [-0.3, -0.25) is 4.57 Å². The molecule has 1 rings (SSSR count). The van der Waals surface area contributed by atoms with E-state index in [0.29, 0.717) is 5.56 Å². The van der Waals surface area contributed by atoms with E-state index in [1.807, 2.05) is 13.8 Å². The summed E-state index contributed by atoms with van der Waals surface area (Å²) >= 11 is 0. The SMILES string of the molecule is CC(C)OCc1cn(COCCO)c(=O)nc1N. The van der Waals surface area contributed by atoms with Crippen LogP contribution in [0.4, 0.5) is 5.82 Å². The summed E-state index contributed by atoms with van der Waals surface area (Å²) in [6, 6.07) is 0. The fourth-order valence-corrected chi connectivity index (χ4v) is 1.24. The minimum Gasteiger partial charge on any atom is -0.394 e. The van der Waals surface area contributed by atoms with Crippen molar-refractivity contribution in [2.75, 3.05) is 18.9 Å². The molecule has 1 heterocycles. The summed E-state index contributed by atoms with van der Waals surface area (Å²) in [4.78, 5) is 15.2. The van der Waals surface area contributed by atoms with Crippen LogP contribution in [0, 0.1) is 0 Å². The van der Waals surface area contributed by atoms with Crippen LogP contribution < -0.4 is 11.4 Å². The van der Waals surface area contributed by atoms with E-state index in [4.69, 9.17) is 20.3 Å². The summed E-state index contributed by atoms with van der Waals surface area (Å²) in [5.41, 5.74) is 5.79. The highest BCUT2D eigenvalue weighted by atomic mass is 16.5. The van der Waals surface area contributed by atoms with E-state index in [-0.39, 0.29) is 38.5 Å². The third kappa shape index (κ3) is 4.44. The predicted octanol–water partition coefficient (Wildman–Crippen LogP) is -0.283. The molecule has 7 nitrogen and oxygen atoms in total. The van der Waals surface area contributed by atoms with E-state index in [1.165, 1.54) is 4.57 Å². The molecule has 0 amide bonds. The maximum atomic E-state index is 11.5. The number of hydrogen-bond acceptors (Lipinski definition) is 6. The van der Waals surface area contributed by atoms with Crippen LogP contribution in [-0.2, 0) is 22.8 Å². The first-order chi connectivity index (χ1) is 8.54. The number of anilines is 1. The molecule has 7 heteroatoms. The van der Waals surface area contributed by atoms with Crippen molar-refractivity contribution in [2.24, 2.45) is 0 Å². The van der Waals surface area contributed by atoms with Crippen molar-refractivity contribution in [3.63, 3.8) is 0 Å². The zero-order valence-electron chi connectivity index (χ0n) is 10.6. The lowest BCUT2D eigenvalue weighted by Gasteiger charge is -2.12. The summed E-state index contributed by atoms with van der Waals surface area (Å²) in [6.07, 6.45) is 1.63. The molecule has 0 aromatic carbocycles. The van der Waals surface area contributed by atoms with Crippen molar-refractivity contribution in [3.05, 3.63) is 22.2 Å². The molecule has 3 N–H and O–H groups in total. The fourth-order valence-electron chi connectivity index (χ4n) is 1.24. The van der Waals surface area contributed by atoms with Gasteiger partial charge in [0, 0.05) is 11.8 Å². The molecule has 1 aromatic rings. The molecule has 0 unspecified atom stereocenters. The Balaban J connectivity index is 2.78. The largest absolute Gasteiger partial charge is 0.394 e. The Bertz CT molecular complexity index is 431. The van der Waals surface area contributed by atoms with Gasteiger partial charge in [-0.05, 0) is 13.8 Å². The Morgan fingerprint density at radius 2 is 2.28 bits per heavy atom. The molecule has 18 heavy (non-hydrogen) atoms. The third-order valence-electron chi connectivity index (χ3n) is 2.14. The monoisotopic (exact) mass is 257 g/mol. The predicted molar refractivity (Wildman–Crippen MR) is 65.9 cm³/mol. The highest BCUT2D eigenvalue weighted by molar-refractivity contribution is 5.36. The summed E-state index contributed by atoms with van der Waals surface area (Å²) in [5, 5.41) is 8.59. The normalized spacial score (nSPS) is 11.1. The Hall–Kier alpha value is -1.44. The molecule has 1 aromatic heterocycles. The van der Waals surface area contributed by atoms with E-state index in [1.54, 1.807) is 6.20 Å². The van der Waals surface area contributed by atoms with E-state index in [2.05, 4.69) is 4.98 Å². The van der Waals surface area contributed by atoms with Crippen LogP contribution in [0.2, 0.25) is 0 Å². The molecule has 0 saturated heterocycles. The maximum absolute atomic E-state index is 11.5. The number of nitrogen functional groups attached to an aromatic ring is 1. The van der Waals surface area contributed by atoms with E-state index in [9.17, 15) is 4.79 Å². The molecule has 0 aliphatic rings. The topological polar surface area (TPSA) is 99.6 Å². The molecule has 0 radical (unpaired) electrons. The second-order valence-electron chi connectivity index (χ2n) is 4.02. The van der Waals surface area contributed by atoms with Crippen LogP contribution in [-0.4, -0.2) is 34.0 Å². The first kappa shape index (κ1) is 14.6. The summed E-state index contributed by atoms with van der Waals surface area (Å²) in [6.45, 7) is 4.20. The number of aliphatic hydroxyl groups excluding tert-OH is 1. The average Bonchev–Trinajstić information content (AvgIpc) is 2.30. The molecule has 0 bridgehead atoms. The van der Waals surface area contributed by atoms with Gasteiger partial charge in [-0.25, -0.2) is 4.79 Å². The van der Waals surface area contributed by atoms with Gasteiger partial charge in [-0.15, -0.1) is 0 Å². The van der Waals surface area contributed by atoms with Crippen LogP contribution in [0.3, 0.4) is 0 Å². The standard InChI is InChI=1S/C11H19N3O4/c1-8(2)18-6-9-5-14(7-17-4-3-15)11(16)13-10(9)12/h5,8,15H,3-4,6-7H2,1-2H3,(H2,12,13,16). The lowest BCUT2D eigenvalue weighted by Crippen LogP contribution is -2.26. The van der Waals surface area contributed by atoms with Crippen molar-refractivity contribution in [3.8, 4) is 0 Å². The molecule has 0 atom stereocenters. The van der Waals surface area contributed by atoms with Crippen molar-refractivity contribution in [1.82, 2.24) is 9.55 Å². The van der Waals surface area contributed by atoms with Crippen molar-refractivity contribution in [1.29, 1.82) is 0 Å². The Morgan fingerprint density at radius 3 is 2.89 bits per heavy atom. The van der Waals surface area contributed by atoms with Gasteiger partial charge in [0.1, 0.15) is 12.5 Å². The van der Waals surface area contributed by atoms with Gasteiger partial charge in [0.05, 0.1) is 25.9 Å². The third-order valence-corrected chi connectivity index (χ3v) is 2.14. The van der Waals surface area contributed by atoms with Crippen LogP contribution in [0.5, 0.6) is 0 Å². The highest BCUT2D eigenvalue weighted by Gasteiger charge is 2.07. The van der Waals surface area contributed by atoms with Gasteiger partial charge in [-0.2, -0.15) is 4.98 Å². The minimum atomic E-state index is -0.487. The van der Waals surface area contributed by atoms with Crippen LogP contribution in [0.25, 0.3) is 0 Å².